The van der Waals surface area contributed by atoms with Crippen molar-refractivity contribution in [3.05, 3.63) is 0 Å². The quantitative estimate of drug-likeness (QED) is 0.559. The molecule has 0 aromatic heterocycles. The van der Waals surface area contributed by atoms with Crippen LogP contribution in [0.2, 0.25) is 0 Å². The average Bonchev–Trinajstić information content (AvgIpc) is 2.06. The van der Waals surface area contributed by atoms with E-state index in [0.717, 1.165) is 13.1 Å². The SMILES string of the molecule is CCCNCC(C)OCCOC. The van der Waals surface area contributed by atoms with Gasteiger partial charge in [0.25, 0.3) is 0 Å². The third kappa shape index (κ3) is 7.98. The number of hydrogen-bond donors (Lipinski definition) is 1. The number of nitrogens with one attached hydrogen (secondary N) is 1. The van der Waals surface area contributed by atoms with Crippen LogP contribution in [0.15, 0.2) is 0 Å². The van der Waals surface area contributed by atoms with Crippen LogP contribution < -0.4 is 5.32 Å². The fourth-order valence-corrected chi connectivity index (χ4v) is 0.874. The van der Waals surface area contributed by atoms with Crippen molar-refractivity contribution in [2.75, 3.05) is 33.4 Å². The van der Waals surface area contributed by atoms with Crippen LogP contribution in [-0.2, 0) is 9.47 Å². The molecule has 0 saturated heterocycles. The van der Waals surface area contributed by atoms with Gasteiger partial charge in [-0.3, -0.25) is 0 Å². The highest BCUT2D eigenvalue weighted by atomic mass is 16.5. The first-order chi connectivity index (χ1) is 5.81. The molecular formula is C9H21NO2. The number of hydrogen-bond acceptors (Lipinski definition) is 3. The summed E-state index contributed by atoms with van der Waals surface area (Å²) >= 11 is 0. The first-order valence-corrected chi connectivity index (χ1v) is 4.62. The van der Waals surface area contributed by atoms with Crippen LogP contribution in [0.25, 0.3) is 0 Å². The van der Waals surface area contributed by atoms with Gasteiger partial charge in [0.1, 0.15) is 0 Å². The molecule has 0 fully saturated rings. The largest absolute Gasteiger partial charge is 0.382 e. The van der Waals surface area contributed by atoms with Crippen LogP contribution >= 0.6 is 0 Å². The highest BCUT2D eigenvalue weighted by molar-refractivity contribution is 4.54. The van der Waals surface area contributed by atoms with E-state index in [1.54, 1.807) is 7.11 Å². The maximum atomic E-state index is 5.44. The second kappa shape index (κ2) is 8.97. The van der Waals surface area contributed by atoms with E-state index < -0.39 is 0 Å². The lowest BCUT2D eigenvalue weighted by Crippen LogP contribution is -2.28. The predicted molar refractivity (Wildman–Crippen MR) is 50.5 cm³/mol. The minimum absolute atomic E-state index is 0.284. The van der Waals surface area contributed by atoms with Gasteiger partial charge in [0.05, 0.1) is 19.3 Å². The number of rotatable bonds is 8. The minimum Gasteiger partial charge on any atom is -0.382 e. The van der Waals surface area contributed by atoms with Gasteiger partial charge < -0.3 is 14.8 Å². The van der Waals surface area contributed by atoms with Crippen molar-refractivity contribution in [2.24, 2.45) is 0 Å². The zero-order valence-corrected chi connectivity index (χ0v) is 8.43. The highest BCUT2D eigenvalue weighted by Crippen LogP contribution is 1.88. The van der Waals surface area contributed by atoms with Crippen LogP contribution in [0.5, 0.6) is 0 Å². The molecule has 1 unspecified atom stereocenters. The first-order valence-electron chi connectivity index (χ1n) is 4.62. The molecule has 3 heteroatoms. The fourth-order valence-electron chi connectivity index (χ4n) is 0.874. The molecule has 0 saturated carbocycles. The van der Waals surface area contributed by atoms with Crippen LogP contribution in [0.4, 0.5) is 0 Å². The average molecular weight is 175 g/mol. The summed E-state index contributed by atoms with van der Waals surface area (Å²) in [6.07, 6.45) is 1.46. The van der Waals surface area contributed by atoms with Gasteiger partial charge in [-0.05, 0) is 19.9 Å². The summed E-state index contributed by atoms with van der Waals surface area (Å²) in [5, 5.41) is 3.30. The molecule has 0 aliphatic carbocycles. The van der Waals surface area contributed by atoms with Crippen molar-refractivity contribution in [1.29, 1.82) is 0 Å². The van der Waals surface area contributed by atoms with Crippen LogP contribution in [0.1, 0.15) is 20.3 Å². The van der Waals surface area contributed by atoms with Gasteiger partial charge in [0.15, 0.2) is 0 Å². The third-order valence-corrected chi connectivity index (χ3v) is 1.55. The Morgan fingerprint density at radius 2 is 2.08 bits per heavy atom. The summed E-state index contributed by atoms with van der Waals surface area (Å²) in [7, 11) is 1.68. The van der Waals surface area contributed by atoms with E-state index in [4.69, 9.17) is 9.47 Å². The summed E-state index contributed by atoms with van der Waals surface area (Å²) in [4.78, 5) is 0. The Bertz CT molecular complexity index is 78.6. The van der Waals surface area contributed by atoms with Crippen LogP contribution in [0, 0.1) is 0 Å². The Balaban J connectivity index is 3.04. The second-order valence-electron chi connectivity index (χ2n) is 2.88. The Morgan fingerprint density at radius 3 is 2.67 bits per heavy atom. The van der Waals surface area contributed by atoms with Gasteiger partial charge in [-0.15, -0.1) is 0 Å². The van der Waals surface area contributed by atoms with Gasteiger partial charge in [-0.25, -0.2) is 0 Å². The van der Waals surface area contributed by atoms with Crippen LogP contribution in [0.3, 0.4) is 0 Å². The Labute approximate surface area is 75.4 Å². The molecule has 0 aliphatic heterocycles. The summed E-state index contributed by atoms with van der Waals surface area (Å²) in [5.41, 5.74) is 0. The molecular weight excluding hydrogens is 154 g/mol. The van der Waals surface area contributed by atoms with Gasteiger partial charge in [0, 0.05) is 13.7 Å². The zero-order valence-electron chi connectivity index (χ0n) is 8.43. The molecule has 0 aromatic rings. The molecule has 0 aliphatic rings. The summed E-state index contributed by atoms with van der Waals surface area (Å²) in [6, 6.07) is 0. The molecule has 0 rings (SSSR count). The van der Waals surface area contributed by atoms with E-state index in [1.165, 1.54) is 6.42 Å². The van der Waals surface area contributed by atoms with E-state index in [9.17, 15) is 0 Å². The first kappa shape index (κ1) is 11.9. The van der Waals surface area contributed by atoms with Crippen LogP contribution in [-0.4, -0.2) is 39.5 Å². The van der Waals surface area contributed by atoms with Crippen molar-refractivity contribution < 1.29 is 9.47 Å². The van der Waals surface area contributed by atoms with E-state index in [2.05, 4.69) is 19.2 Å². The standard InChI is InChI=1S/C9H21NO2/c1-4-5-10-8-9(2)12-7-6-11-3/h9-10H,4-8H2,1-3H3. The van der Waals surface area contributed by atoms with E-state index in [-0.39, 0.29) is 6.10 Å². The van der Waals surface area contributed by atoms with Gasteiger partial charge in [-0.1, -0.05) is 6.92 Å². The zero-order chi connectivity index (χ0) is 9.23. The molecule has 0 amide bonds. The normalized spacial score (nSPS) is 13.2. The van der Waals surface area contributed by atoms with E-state index in [1.807, 2.05) is 0 Å². The molecule has 0 aromatic carbocycles. The molecule has 0 radical (unpaired) electrons. The summed E-state index contributed by atoms with van der Waals surface area (Å²) < 4.78 is 10.3. The lowest BCUT2D eigenvalue weighted by molar-refractivity contribution is 0.0268. The van der Waals surface area contributed by atoms with Crippen molar-refractivity contribution in [2.45, 2.75) is 26.4 Å². The van der Waals surface area contributed by atoms with Crippen molar-refractivity contribution in [3.63, 3.8) is 0 Å². The van der Waals surface area contributed by atoms with E-state index >= 15 is 0 Å². The monoisotopic (exact) mass is 175 g/mol. The van der Waals surface area contributed by atoms with E-state index in [0.29, 0.717) is 13.2 Å². The third-order valence-electron chi connectivity index (χ3n) is 1.55. The molecule has 3 nitrogen and oxygen atoms in total. The molecule has 0 spiro atoms. The van der Waals surface area contributed by atoms with Crippen molar-refractivity contribution in [3.8, 4) is 0 Å². The summed E-state index contributed by atoms with van der Waals surface area (Å²) in [6.45, 7) is 7.58. The predicted octanol–water partition coefficient (Wildman–Crippen LogP) is 1.04. The molecule has 1 atom stereocenters. The number of methoxy groups -OCH3 is 1. The molecule has 1 N–H and O–H groups in total. The molecule has 12 heavy (non-hydrogen) atoms. The maximum absolute atomic E-state index is 5.44. The van der Waals surface area contributed by atoms with Gasteiger partial charge in [0.2, 0.25) is 0 Å². The lowest BCUT2D eigenvalue weighted by Gasteiger charge is -2.12. The van der Waals surface area contributed by atoms with Crippen molar-refractivity contribution in [1.82, 2.24) is 5.32 Å². The second-order valence-corrected chi connectivity index (χ2v) is 2.88. The lowest BCUT2D eigenvalue weighted by atomic mass is 10.4. The minimum atomic E-state index is 0.284. The Morgan fingerprint density at radius 1 is 1.33 bits per heavy atom. The number of ether oxygens (including phenoxy) is 2. The molecule has 0 heterocycles. The van der Waals surface area contributed by atoms with Gasteiger partial charge in [-0.2, -0.15) is 0 Å². The highest BCUT2D eigenvalue weighted by Gasteiger charge is 1.99. The Kier molecular flexibility index (Phi) is 8.88. The fraction of sp³-hybridized carbons (Fsp3) is 1.00. The van der Waals surface area contributed by atoms with Crippen molar-refractivity contribution >= 4 is 0 Å². The maximum Gasteiger partial charge on any atom is 0.0704 e. The molecule has 0 bridgehead atoms. The summed E-state index contributed by atoms with van der Waals surface area (Å²) in [5.74, 6) is 0. The smallest absolute Gasteiger partial charge is 0.0704 e. The molecule has 74 valence electrons. The topological polar surface area (TPSA) is 30.5 Å². The van der Waals surface area contributed by atoms with Gasteiger partial charge >= 0.3 is 0 Å². The Hall–Kier alpha value is -0.120.